The molecule has 132 valence electrons. The minimum atomic E-state index is -0.0425. The van der Waals surface area contributed by atoms with Crippen LogP contribution in [0.2, 0.25) is 0 Å². The Morgan fingerprint density at radius 2 is 2.16 bits per heavy atom. The molecular formula is C18H22N4O2S. The van der Waals surface area contributed by atoms with Gasteiger partial charge >= 0.3 is 6.03 Å². The highest BCUT2D eigenvalue weighted by molar-refractivity contribution is 8.00. The highest BCUT2D eigenvalue weighted by atomic mass is 32.2. The number of aromatic nitrogens is 1. The molecule has 4 N–H and O–H groups in total. The Morgan fingerprint density at radius 3 is 3.08 bits per heavy atom. The van der Waals surface area contributed by atoms with Crippen LogP contribution in [0.4, 0.5) is 10.5 Å². The third-order valence-corrected chi connectivity index (χ3v) is 6.43. The Balaban J connectivity index is 1.19. The molecule has 25 heavy (non-hydrogen) atoms. The summed E-state index contributed by atoms with van der Waals surface area (Å²) >= 11 is 1.92. The van der Waals surface area contributed by atoms with Crippen LogP contribution in [0, 0.1) is 0 Å². The first-order chi connectivity index (χ1) is 12.2. The van der Waals surface area contributed by atoms with Gasteiger partial charge in [0.15, 0.2) is 0 Å². The van der Waals surface area contributed by atoms with Crippen LogP contribution in [0.1, 0.15) is 25.7 Å². The highest BCUT2D eigenvalue weighted by Crippen LogP contribution is 2.33. The second kappa shape index (κ2) is 7.00. The molecule has 1 aromatic carbocycles. The fourth-order valence-electron chi connectivity index (χ4n) is 3.63. The van der Waals surface area contributed by atoms with Gasteiger partial charge in [-0.15, -0.1) is 0 Å². The highest BCUT2D eigenvalue weighted by Gasteiger charge is 2.42. The number of benzene rings is 1. The Hall–Kier alpha value is -2.15. The smallest absolute Gasteiger partial charge is 0.315 e. The Kier molecular flexibility index (Phi) is 4.57. The minimum Gasteiger partial charge on any atom is -0.361 e. The number of unbranched alkanes of at least 4 members (excludes halogenated alkanes) is 1. The average Bonchev–Trinajstić information content (AvgIpc) is 3.27. The molecule has 2 aliphatic heterocycles. The predicted octanol–water partition coefficient (Wildman–Crippen LogP) is 2.83. The second-order valence-corrected chi connectivity index (χ2v) is 7.97. The van der Waals surface area contributed by atoms with Crippen molar-refractivity contribution in [3.05, 3.63) is 30.5 Å². The van der Waals surface area contributed by atoms with Gasteiger partial charge in [-0.1, -0.05) is 6.42 Å². The molecule has 3 heterocycles. The first-order valence-corrected chi connectivity index (χ1v) is 9.79. The molecule has 3 atom stereocenters. The van der Waals surface area contributed by atoms with E-state index in [0.29, 0.717) is 11.7 Å². The number of carbonyl (C=O) groups is 2. The number of H-pyrrole nitrogens is 1. The number of anilines is 1. The number of aromatic amines is 1. The zero-order chi connectivity index (χ0) is 17.2. The third kappa shape index (κ3) is 3.61. The van der Waals surface area contributed by atoms with Gasteiger partial charge in [0, 0.05) is 40.2 Å². The molecule has 2 saturated heterocycles. The predicted molar refractivity (Wildman–Crippen MR) is 101 cm³/mol. The topological polar surface area (TPSA) is 86.0 Å². The van der Waals surface area contributed by atoms with Crippen LogP contribution in [0.25, 0.3) is 10.9 Å². The van der Waals surface area contributed by atoms with E-state index in [9.17, 15) is 9.59 Å². The van der Waals surface area contributed by atoms with E-state index in [1.807, 2.05) is 42.2 Å². The maximum Gasteiger partial charge on any atom is 0.315 e. The Bertz CT molecular complexity index is 790. The molecule has 7 heteroatoms. The number of urea groups is 1. The minimum absolute atomic E-state index is 0.0425. The van der Waals surface area contributed by atoms with E-state index in [-0.39, 0.29) is 24.0 Å². The Morgan fingerprint density at radius 1 is 1.24 bits per heavy atom. The van der Waals surface area contributed by atoms with Crippen molar-refractivity contribution in [1.82, 2.24) is 15.6 Å². The van der Waals surface area contributed by atoms with E-state index >= 15 is 0 Å². The molecular weight excluding hydrogens is 336 g/mol. The zero-order valence-corrected chi connectivity index (χ0v) is 14.7. The van der Waals surface area contributed by atoms with Crippen molar-refractivity contribution in [2.24, 2.45) is 0 Å². The first-order valence-electron chi connectivity index (χ1n) is 8.75. The lowest BCUT2D eigenvalue weighted by atomic mass is 10.0. The summed E-state index contributed by atoms with van der Waals surface area (Å²) in [5.41, 5.74) is 1.91. The molecule has 0 radical (unpaired) electrons. The molecule has 3 amide bonds. The van der Waals surface area contributed by atoms with Crippen LogP contribution >= 0.6 is 11.8 Å². The molecule has 2 aliphatic rings. The van der Waals surface area contributed by atoms with Gasteiger partial charge in [0.25, 0.3) is 0 Å². The van der Waals surface area contributed by atoms with Crippen LogP contribution in [0.3, 0.4) is 0 Å². The molecule has 2 fully saturated rings. The van der Waals surface area contributed by atoms with E-state index in [4.69, 9.17) is 0 Å². The standard InChI is InChI=1S/C18H22N4O2S/c23-16(20-12-5-6-13-11(9-12)7-8-19-13)4-2-1-3-15-17-14(10-25-15)21-18(24)22-17/h5-9,14-15,17,19H,1-4,10H2,(H,20,23)(H2,21,22,24). The number of rotatable bonds is 6. The van der Waals surface area contributed by atoms with Crippen LogP contribution in [-0.4, -0.2) is 40.0 Å². The van der Waals surface area contributed by atoms with Crippen molar-refractivity contribution in [2.45, 2.75) is 43.0 Å². The van der Waals surface area contributed by atoms with Crippen LogP contribution in [0.5, 0.6) is 0 Å². The number of amides is 3. The zero-order valence-electron chi connectivity index (χ0n) is 13.9. The Labute approximate surface area is 150 Å². The number of nitrogens with one attached hydrogen (secondary N) is 4. The normalized spacial score (nSPS) is 24.8. The molecule has 0 spiro atoms. The molecule has 1 aromatic heterocycles. The third-order valence-electron chi connectivity index (χ3n) is 4.92. The van der Waals surface area contributed by atoms with E-state index < -0.39 is 0 Å². The summed E-state index contributed by atoms with van der Waals surface area (Å²) < 4.78 is 0. The molecule has 6 nitrogen and oxygen atoms in total. The number of hydrogen-bond donors (Lipinski definition) is 4. The average molecular weight is 358 g/mol. The summed E-state index contributed by atoms with van der Waals surface area (Å²) in [4.78, 5) is 26.6. The largest absolute Gasteiger partial charge is 0.361 e. The van der Waals surface area contributed by atoms with Crippen molar-refractivity contribution >= 4 is 40.3 Å². The SMILES string of the molecule is O=C(CCCCC1SCC2NC(=O)NC21)Nc1ccc2[nH]ccc2c1. The lowest BCUT2D eigenvalue weighted by Gasteiger charge is -2.16. The second-order valence-electron chi connectivity index (χ2n) is 6.70. The summed E-state index contributed by atoms with van der Waals surface area (Å²) in [6.45, 7) is 0. The van der Waals surface area contributed by atoms with Gasteiger partial charge in [0.2, 0.25) is 5.91 Å². The summed E-state index contributed by atoms with van der Waals surface area (Å²) in [6, 6.07) is 8.35. The fourth-order valence-corrected chi connectivity index (χ4v) is 5.17. The molecule has 4 rings (SSSR count). The van der Waals surface area contributed by atoms with Crippen molar-refractivity contribution in [3.8, 4) is 0 Å². The van der Waals surface area contributed by atoms with Gasteiger partial charge in [0.1, 0.15) is 0 Å². The van der Waals surface area contributed by atoms with Crippen molar-refractivity contribution in [3.63, 3.8) is 0 Å². The number of thioether (sulfide) groups is 1. The lowest BCUT2D eigenvalue weighted by molar-refractivity contribution is -0.116. The fraction of sp³-hybridized carbons (Fsp3) is 0.444. The lowest BCUT2D eigenvalue weighted by Crippen LogP contribution is -2.36. The summed E-state index contributed by atoms with van der Waals surface area (Å²) in [5, 5.41) is 10.5. The van der Waals surface area contributed by atoms with Gasteiger partial charge < -0.3 is 20.9 Å². The van der Waals surface area contributed by atoms with E-state index in [1.54, 1.807) is 0 Å². The van der Waals surface area contributed by atoms with Crippen LogP contribution in [0.15, 0.2) is 30.5 Å². The van der Waals surface area contributed by atoms with Crippen molar-refractivity contribution < 1.29 is 9.59 Å². The quantitative estimate of drug-likeness (QED) is 0.473. The van der Waals surface area contributed by atoms with Gasteiger partial charge in [-0.05, 0) is 37.1 Å². The number of hydrogen-bond acceptors (Lipinski definition) is 3. The number of carbonyl (C=O) groups excluding carboxylic acids is 2. The maximum atomic E-state index is 12.1. The van der Waals surface area contributed by atoms with Gasteiger partial charge in [-0.2, -0.15) is 11.8 Å². The monoisotopic (exact) mass is 358 g/mol. The summed E-state index contributed by atoms with van der Waals surface area (Å²) in [6.07, 6.45) is 5.33. The van der Waals surface area contributed by atoms with Gasteiger partial charge in [-0.25, -0.2) is 4.79 Å². The van der Waals surface area contributed by atoms with E-state index in [0.717, 1.165) is 41.6 Å². The van der Waals surface area contributed by atoms with E-state index in [1.165, 1.54) is 0 Å². The summed E-state index contributed by atoms with van der Waals surface area (Å²) in [7, 11) is 0. The molecule has 2 aromatic rings. The summed E-state index contributed by atoms with van der Waals surface area (Å²) in [5.74, 6) is 1.04. The van der Waals surface area contributed by atoms with Crippen LogP contribution < -0.4 is 16.0 Å². The number of fused-ring (bicyclic) bond motifs is 2. The molecule has 0 bridgehead atoms. The van der Waals surface area contributed by atoms with E-state index in [2.05, 4.69) is 20.9 Å². The van der Waals surface area contributed by atoms with Crippen molar-refractivity contribution in [2.75, 3.05) is 11.1 Å². The molecule has 0 aliphatic carbocycles. The van der Waals surface area contributed by atoms with Crippen molar-refractivity contribution in [1.29, 1.82) is 0 Å². The maximum absolute atomic E-state index is 12.1. The molecule has 3 unspecified atom stereocenters. The van der Waals surface area contributed by atoms with Crippen LogP contribution in [-0.2, 0) is 4.79 Å². The van der Waals surface area contributed by atoms with Gasteiger partial charge in [-0.3, -0.25) is 4.79 Å². The molecule has 0 saturated carbocycles. The van der Waals surface area contributed by atoms with Gasteiger partial charge in [0.05, 0.1) is 12.1 Å². The first kappa shape index (κ1) is 16.3.